The molecule has 0 bridgehead atoms. The SMILES string of the molecule is COc1ccc(OCc2ccc(C(F)(F)F)cc2)c(/C=C/CCC(Oc2ccccc2OC)C(=O)O)c1. The van der Waals surface area contributed by atoms with Crippen molar-refractivity contribution in [3.8, 4) is 23.0 Å². The maximum absolute atomic E-state index is 12.8. The molecular weight excluding hydrogens is 489 g/mol. The van der Waals surface area contributed by atoms with Gasteiger partial charge in [-0.05, 0) is 60.9 Å². The summed E-state index contributed by atoms with van der Waals surface area (Å²) in [5.74, 6) is 0.770. The predicted molar refractivity (Wildman–Crippen MR) is 132 cm³/mol. The highest BCUT2D eigenvalue weighted by molar-refractivity contribution is 5.73. The monoisotopic (exact) mass is 516 g/mol. The van der Waals surface area contributed by atoms with Crippen LogP contribution in [0.25, 0.3) is 6.08 Å². The molecule has 0 spiro atoms. The van der Waals surface area contributed by atoms with Gasteiger partial charge in [0.1, 0.15) is 18.1 Å². The molecule has 1 atom stereocenters. The Morgan fingerprint density at radius 1 is 0.946 bits per heavy atom. The van der Waals surface area contributed by atoms with Crippen LogP contribution in [0.2, 0.25) is 0 Å². The summed E-state index contributed by atoms with van der Waals surface area (Å²) in [6, 6.07) is 16.7. The smallest absolute Gasteiger partial charge is 0.416 e. The number of carboxylic acid groups (broad SMARTS) is 1. The minimum atomic E-state index is -4.40. The first-order valence-electron chi connectivity index (χ1n) is 11.4. The highest BCUT2D eigenvalue weighted by Gasteiger charge is 2.29. The molecule has 3 aromatic rings. The molecule has 0 saturated heterocycles. The number of benzene rings is 3. The molecule has 0 fully saturated rings. The number of alkyl halides is 3. The predicted octanol–water partition coefficient (Wildman–Crippen LogP) is 6.63. The van der Waals surface area contributed by atoms with E-state index in [1.807, 2.05) is 0 Å². The van der Waals surface area contributed by atoms with Crippen molar-refractivity contribution >= 4 is 12.0 Å². The Bertz CT molecular complexity index is 1210. The van der Waals surface area contributed by atoms with Crippen LogP contribution in [-0.2, 0) is 17.6 Å². The summed E-state index contributed by atoms with van der Waals surface area (Å²) in [6.45, 7) is 0.0686. The molecule has 196 valence electrons. The average molecular weight is 517 g/mol. The van der Waals surface area contributed by atoms with E-state index in [0.29, 0.717) is 40.5 Å². The third-order valence-electron chi connectivity index (χ3n) is 5.40. The molecule has 0 heterocycles. The molecule has 0 aliphatic heterocycles. The number of halogens is 3. The van der Waals surface area contributed by atoms with E-state index in [1.165, 1.54) is 26.4 Å². The standard InChI is InChI=1S/C28H27F3O6/c1-34-22-15-16-23(36-18-19-11-13-21(14-12-19)28(29,30)31)20(17-22)7-3-4-10-26(27(32)33)37-25-9-6-5-8-24(25)35-2/h3,5-9,11-17,26H,4,10,18H2,1-2H3,(H,32,33)/b7-3+. The van der Waals surface area contributed by atoms with Crippen molar-refractivity contribution in [2.45, 2.75) is 31.7 Å². The quantitative estimate of drug-likeness (QED) is 0.291. The van der Waals surface area contributed by atoms with Crippen molar-refractivity contribution in [3.63, 3.8) is 0 Å². The number of methoxy groups -OCH3 is 2. The van der Waals surface area contributed by atoms with Crippen molar-refractivity contribution in [1.82, 2.24) is 0 Å². The molecular formula is C28H27F3O6. The maximum Gasteiger partial charge on any atom is 0.416 e. The van der Waals surface area contributed by atoms with Crippen LogP contribution in [0.1, 0.15) is 29.5 Å². The fraction of sp³-hybridized carbons (Fsp3) is 0.250. The van der Waals surface area contributed by atoms with Crippen molar-refractivity contribution in [1.29, 1.82) is 0 Å². The van der Waals surface area contributed by atoms with Gasteiger partial charge in [-0.25, -0.2) is 4.79 Å². The third-order valence-corrected chi connectivity index (χ3v) is 5.40. The second-order valence-electron chi connectivity index (χ2n) is 7.96. The Morgan fingerprint density at radius 2 is 1.65 bits per heavy atom. The lowest BCUT2D eigenvalue weighted by atomic mass is 10.1. The van der Waals surface area contributed by atoms with Gasteiger partial charge in [-0.3, -0.25) is 0 Å². The minimum absolute atomic E-state index is 0.0686. The lowest BCUT2D eigenvalue weighted by Gasteiger charge is -2.16. The summed E-state index contributed by atoms with van der Waals surface area (Å²) in [4.78, 5) is 11.7. The molecule has 37 heavy (non-hydrogen) atoms. The Labute approximate surface area is 212 Å². The van der Waals surface area contributed by atoms with Gasteiger partial charge in [0.25, 0.3) is 0 Å². The van der Waals surface area contributed by atoms with Crippen LogP contribution in [0.5, 0.6) is 23.0 Å². The minimum Gasteiger partial charge on any atom is -0.497 e. The largest absolute Gasteiger partial charge is 0.497 e. The first-order chi connectivity index (χ1) is 17.7. The van der Waals surface area contributed by atoms with Gasteiger partial charge in [-0.2, -0.15) is 13.2 Å². The molecule has 0 aliphatic carbocycles. The van der Waals surface area contributed by atoms with Gasteiger partial charge < -0.3 is 24.1 Å². The zero-order valence-electron chi connectivity index (χ0n) is 20.3. The summed E-state index contributed by atoms with van der Waals surface area (Å²) < 4.78 is 60.3. The number of aliphatic carboxylic acids is 1. The van der Waals surface area contributed by atoms with Crippen LogP contribution in [0.4, 0.5) is 13.2 Å². The van der Waals surface area contributed by atoms with Gasteiger partial charge >= 0.3 is 12.1 Å². The Balaban J connectivity index is 1.66. The molecule has 0 aliphatic rings. The van der Waals surface area contributed by atoms with Crippen LogP contribution in [0.3, 0.4) is 0 Å². The van der Waals surface area contributed by atoms with Crippen molar-refractivity contribution in [2.75, 3.05) is 14.2 Å². The zero-order chi connectivity index (χ0) is 26.8. The normalized spacial score (nSPS) is 12.2. The van der Waals surface area contributed by atoms with Gasteiger partial charge in [0.05, 0.1) is 19.8 Å². The van der Waals surface area contributed by atoms with Gasteiger partial charge in [-0.1, -0.05) is 36.4 Å². The lowest BCUT2D eigenvalue weighted by molar-refractivity contribution is -0.145. The number of carbonyl (C=O) groups is 1. The molecule has 9 heteroatoms. The molecule has 0 saturated carbocycles. The number of rotatable bonds is 12. The van der Waals surface area contributed by atoms with E-state index in [1.54, 1.807) is 54.6 Å². The van der Waals surface area contributed by atoms with Crippen LogP contribution in [0.15, 0.2) is 72.8 Å². The van der Waals surface area contributed by atoms with Gasteiger partial charge in [0.2, 0.25) is 0 Å². The van der Waals surface area contributed by atoms with E-state index in [9.17, 15) is 23.1 Å². The summed E-state index contributed by atoms with van der Waals surface area (Å²) >= 11 is 0. The van der Waals surface area contributed by atoms with E-state index in [0.717, 1.165) is 12.1 Å². The number of ether oxygens (including phenoxy) is 4. The molecule has 0 radical (unpaired) electrons. The highest BCUT2D eigenvalue weighted by Crippen LogP contribution is 2.31. The Hall–Kier alpha value is -4.14. The number of para-hydroxylation sites is 2. The molecule has 1 N–H and O–H groups in total. The number of carboxylic acids is 1. The number of allylic oxidation sites excluding steroid dienone is 1. The van der Waals surface area contributed by atoms with Crippen LogP contribution in [0, 0.1) is 0 Å². The average Bonchev–Trinajstić information content (AvgIpc) is 2.89. The van der Waals surface area contributed by atoms with E-state index in [2.05, 4.69) is 0 Å². The summed E-state index contributed by atoms with van der Waals surface area (Å²) in [6.07, 6.45) is -1.32. The molecule has 1 unspecified atom stereocenters. The van der Waals surface area contributed by atoms with E-state index >= 15 is 0 Å². The first-order valence-corrected chi connectivity index (χ1v) is 11.4. The van der Waals surface area contributed by atoms with Crippen LogP contribution < -0.4 is 18.9 Å². The Morgan fingerprint density at radius 3 is 2.27 bits per heavy atom. The van der Waals surface area contributed by atoms with Crippen LogP contribution in [-0.4, -0.2) is 31.4 Å². The van der Waals surface area contributed by atoms with E-state index < -0.39 is 23.8 Å². The third kappa shape index (κ3) is 7.93. The van der Waals surface area contributed by atoms with Gasteiger partial charge in [-0.15, -0.1) is 0 Å². The number of hydrogen-bond donors (Lipinski definition) is 1. The molecule has 3 aromatic carbocycles. The molecule has 0 amide bonds. The fourth-order valence-corrected chi connectivity index (χ4v) is 3.43. The summed E-state index contributed by atoms with van der Waals surface area (Å²) in [7, 11) is 3.00. The highest BCUT2D eigenvalue weighted by atomic mass is 19.4. The van der Waals surface area contributed by atoms with E-state index in [-0.39, 0.29) is 13.0 Å². The van der Waals surface area contributed by atoms with Gasteiger partial charge in [0.15, 0.2) is 17.6 Å². The summed E-state index contributed by atoms with van der Waals surface area (Å²) in [5, 5.41) is 9.58. The molecule has 0 aromatic heterocycles. The molecule has 3 rings (SSSR count). The molecule has 6 nitrogen and oxygen atoms in total. The summed E-state index contributed by atoms with van der Waals surface area (Å²) in [5.41, 5.74) is 0.527. The second-order valence-corrected chi connectivity index (χ2v) is 7.96. The fourth-order valence-electron chi connectivity index (χ4n) is 3.43. The van der Waals surface area contributed by atoms with Gasteiger partial charge in [0, 0.05) is 5.56 Å². The zero-order valence-corrected chi connectivity index (χ0v) is 20.3. The Kier molecular flexibility index (Phi) is 9.43. The maximum atomic E-state index is 12.8. The van der Waals surface area contributed by atoms with E-state index in [4.69, 9.17) is 18.9 Å². The van der Waals surface area contributed by atoms with Crippen molar-refractivity contribution in [2.24, 2.45) is 0 Å². The van der Waals surface area contributed by atoms with Crippen molar-refractivity contribution < 1.29 is 42.0 Å². The lowest BCUT2D eigenvalue weighted by Crippen LogP contribution is -2.26. The topological polar surface area (TPSA) is 74.2 Å². The second kappa shape index (κ2) is 12.7. The first kappa shape index (κ1) is 27.4. The van der Waals surface area contributed by atoms with Crippen LogP contribution >= 0.6 is 0 Å². The number of hydrogen-bond acceptors (Lipinski definition) is 5. The van der Waals surface area contributed by atoms with Crippen molar-refractivity contribution in [3.05, 3.63) is 89.5 Å².